The van der Waals surface area contributed by atoms with Crippen LogP contribution in [0.1, 0.15) is 31.2 Å². The number of benzene rings is 2. The lowest BCUT2D eigenvalue weighted by atomic mass is 9.93. The lowest BCUT2D eigenvalue weighted by Crippen LogP contribution is -2.40. The van der Waals surface area contributed by atoms with E-state index in [2.05, 4.69) is 4.98 Å². The van der Waals surface area contributed by atoms with Gasteiger partial charge in [-0.1, -0.05) is 30.3 Å². The summed E-state index contributed by atoms with van der Waals surface area (Å²) >= 11 is 0. The summed E-state index contributed by atoms with van der Waals surface area (Å²) in [6.07, 6.45) is 5.58. The van der Waals surface area contributed by atoms with Gasteiger partial charge in [0.1, 0.15) is 0 Å². The van der Waals surface area contributed by atoms with Gasteiger partial charge in [-0.2, -0.15) is 0 Å². The molecule has 33 heavy (non-hydrogen) atoms. The minimum absolute atomic E-state index is 0.0206. The third-order valence-electron chi connectivity index (χ3n) is 6.28. The first-order valence-corrected chi connectivity index (χ1v) is 12.8. The maximum absolute atomic E-state index is 13.2. The van der Waals surface area contributed by atoms with Crippen molar-refractivity contribution in [1.29, 1.82) is 0 Å². The Bertz CT molecular complexity index is 1280. The smallest absolute Gasteiger partial charge is 0.261 e. The van der Waals surface area contributed by atoms with Crippen LogP contribution in [0.5, 0.6) is 11.5 Å². The van der Waals surface area contributed by atoms with Crippen molar-refractivity contribution in [1.82, 2.24) is 13.9 Å². The van der Waals surface area contributed by atoms with Crippen LogP contribution >= 0.6 is 0 Å². The maximum Gasteiger partial charge on any atom is 0.261 e. The molecule has 0 aliphatic heterocycles. The number of hydrogen-bond donors (Lipinski definition) is 0. The Hall–Kier alpha value is -2.91. The van der Waals surface area contributed by atoms with Gasteiger partial charge in [-0.05, 0) is 37.3 Å². The molecule has 176 valence electrons. The number of sulfonamides is 1. The molecule has 4 rings (SSSR count). The molecule has 0 radical (unpaired) electrons. The van der Waals surface area contributed by atoms with Gasteiger partial charge in [0.05, 0.1) is 43.2 Å². The van der Waals surface area contributed by atoms with E-state index in [1.54, 1.807) is 37.2 Å². The van der Waals surface area contributed by atoms with Crippen molar-refractivity contribution in [3.8, 4) is 11.5 Å². The normalized spacial score (nSPS) is 19.0. The second-order valence-corrected chi connectivity index (χ2v) is 10.6. The zero-order chi connectivity index (χ0) is 23.6. The predicted molar refractivity (Wildman–Crippen MR) is 127 cm³/mol. The van der Waals surface area contributed by atoms with Crippen LogP contribution in [0.4, 0.5) is 0 Å². The summed E-state index contributed by atoms with van der Waals surface area (Å²) < 4.78 is 38.4. The van der Waals surface area contributed by atoms with Crippen LogP contribution in [0, 0.1) is 0 Å². The van der Waals surface area contributed by atoms with Crippen molar-refractivity contribution < 1.29 is 17.9 Å². The molecule has 2 aromatic carbocycles. The van der Waals surface area contributed by atoms with E-state index < -0.39 is 10.0 Å². The third kappa shape index (κ3) is 5.20. The van der Waals surface area contributed by atoms with E-state index >= 15 is 0 Å². The van der Waals surface area contributed by atoms with Crippen molar-refractivity contribution in [2.75, 3.05) is 20.4 Å². The molecule has 0 spiro atoms. The van der Waals surface area contributed by atoms with Crippen LogP contribution in [-0.2, 0) is 16.6 Å². The molecule has 1 saturated carbocycles. The van der Waals surface area contributed by atoms with Crippen LogP contribution in [0.25, 0.3) is 10.9 Å². The molecule has 0 saturated heterocycles. The zero-order valence-electron chi connectivity index (χ0n) is 19.1. The summed E-state index contributed by atoms with van der Waals surface area (Å²) in [5.74, 6) is 1.02. The van der Waals surface area contributed by atoms with E-state index in [0.29, 0.717) is 28.9 Å². The van der Waals surface area contributed by atoms with Gasteiger partial charge in [0.2, 0.25) is 10.0 Å². The Kier molecular flexibility index (Phi) is 6.71. The molecule has 0 bridgehead atoms. The fraction of sp³-hybridized carbons (Fsp3) is 0.417. The van der Waals surface area contributed by atoms with Crippen molar-refractivity contribution in [2.24, 2.45) is 0 Å². The Balaban J connectivity index is 1.56. The van der Waals surface area contributed by atoms with Crippen LogP contribution in [0.15, 0.2) is 53.6 Å². The number of methoxy groups -OCH3 is 1. The molecule has 0 amide bonds. The maximum atomic E-state index is 13.2. The van der Waals surface area contributed by atoms with Crippen molar-refractivity contribution in [3.63, 3.8) is 0 Å². The Morgan fingerprint density at radius 2 is 1.79 bits per heavy atom. The van der Waals surface area contributed by atoms with E-state index in [4.69, 9.17) is 9.47 Å². The largest absolute Gasteiger partial charge is 0.493 e. The predicted octanol–water partition coefficient (Wildman–Crippen LogP) is 3.03. The number of aromatic nitrogens is 2. The van der Waals surface area contributed by atoms with Gasteiger partial charge in [0, 0.05) is 19.2 Å². The molecule has 1 heterocycles. The monoisotopic (exact) mass is 471 g/mol. The van der Waals surface area contributed by atoms with Crippen LogP contribution in [0.2, 0.25) is 0 Å². The molecule has 1 aromatic heterocycles. The zero-order valence-corrected chi connectivity index (χ0v) is 19.9. The lowest BCUT2D eigenvalue weighted by molar-refractivity contribution is 0.122. The quantitative estimate of drug-likeness (QED) is 0.526. The minimum Gasteiger partial charge on any atom is -0.493 e. The molecular formula is C24H29N3O5S. The van der Waals surface area contributed by atoms with Gasteiger partial charge in [0.15, 0.2) is 11.5 Å². The second-order valence-electron chi connectivity index (χ2n) is 8.51. The highest BCUT2D eigenvalue weighted by molar-refractivity contribution is 7.88. The minimum atomic E-state index is -3.22. The fourth-order valence-corrected chi connectivity index (χ4v) is 5.04. The van der Waals surface area contributed by atoms with E-state index in [0.717, 1.165) is 31.2 Å². The highest BCUT2D eigenvalue weighted by atomic mass is 32.2. The topological polar surface area (TPSA) is 90.7 Å². The number of ether oxygens (including phenoxy) is 2. The number of rotatable bonds is 7. The van der Waals surface area contributed by atoms with Gasteiger partial charge in [-0.25, -0.2) is 17.7 Å². The van der Waals surface area contributed by atoms with Crippen LogP contribution in [-0.4, -0.2) is 54.8 Å². The average Bonchev–Trinajstić information content (AvgIpc) is 2.81. The molecule has 9 heteroatoms. The first-order chi connectivity index (χ1) is 15.8. The second kappa shape index (κ2) is 9.52. The molecule has 1 aliphatic carbocycles. The number of hydrogen-bond acceptors (Lipinski definition) is 6. The summed E-state index contributed by atoms with van der Waals surface area (Å²) in [6, 6.07) is 13.2. The van der Waals surface area contributed by atoms with Gasteiger partial charge >= 0.3 is 0 Å². The van der Waals surface area contributed by atoms with Gasteiger partial charge in [0.25, 0.3) is 5.56 Å². The van der Waals surface area contributed by atoms with E-state index in [-0.39, 0.29) is 17.7 Å². The molecule has 0 unspecified atom stereocenters. The van der Waals surface area contributed by atoms with Crippen LogP contribution < -0.4 is 15.0 Å². The summed E-state index contributed by atoms with van der Waals surface area (Å²) in [4.78, 5) is 17.6. The van der Waals surface area contributed by atoms with E-state index in [1.165, 1.54) is 10.6 Å². The Morgan fingerprint density at radius 1 is 1.09 bits per heavy atom. The Morgan fingerprint density at radius 3 is 2.42 bits per heavy atom. The lowest BCUT2D eigenvalue weighted by Gasteiger charge is -2.33. The standard InChI is InChI=1S/C24H29N3O5S/c1-26(33(3,29)30)18-9-11-19(12-10-18)32-23-13-20-21(14-22(23)31-2)25-16-27(24(20)28)15-17-7-5-4-6-8-17/h4-8,13-14,16,18-19H,9-12,15H2,1-3H3/t18-,19+. The summed E-state index contributed by atoms with van der Waals surface area (Å²) in [6.45, 7) is 0.433. The number of nitrogens with zero attached hydrogens (tertiary/aromatic N) is 3. The average molecular weight is 472 g/mol. The van der Waals surface area contributed by atoms with Crippen molar-refractivity contribution in [3.05, 3.63) is 64.7 Å². The molecule has 8 nitrogen and oxygen atoms in total. The SMILES string of the molecule is COc1cc2ncn(Cc3ccccc3)c(=O)c2cc1O[C@H]1CC[C@@H](N(C)S(C)(=O)=O)CC1. The van der Waals surface area contributed by atoms with Gasteiger partial charge < -0.3 is 9.47 Å². The Labute approximate surface area is 193 Å². The molecule has 0 N–H and O–H groups in total. The van der Waals surface area contributed by atoms with Crippen molar-refractivity contribution in [2.45, 2.75) is 44.4 Å². The summed E-state index contributed by atoms with van der Waals surface area (Å²) in [5.41, 5.74) is 1.42. The van der Waals surface area contributed by atoms with Crippen LogP contribution in [0.3, 0.4) is 0 Å². The molecular weight excluding hydrogens is 442 g/mol. The first kappa shape index (κ1) is 23.3. The first-order valence-electron chi connectivity index (χ1n) is 11.0. The van der Waals surface area contributed by atoms with E-state index in [1.807, 2.05) is 30.3 Å². The molecule has 1 aliphatic rings. The third-order valence-corrected chi connectivity index (χ3v) is 7.62. The highest BCUT2D eigenvalue weighted by Crippen LogP contribution is 2.34. The van der Waals surface area contributed by atoms with Crippen molar-refractivity contribution >= 4 is 20.9 Å². The van der Waals surface area contributed by atoms with Gasteiger partial charge in [-0.3, -0.25) is 9.36 Å². The summed E-state index contributed by atoms with van der Waals surface area (Å²) in [5, 5.41) is 0.467. The van der Waals surface area contributed by atoms with E-state index in [9.17, 15) is 13.2 Å². The highest BCUT2D eigenvalue weighted by Gasteiger charge is 2.29. The molecule has 3 aromatic rings. The fourth-order valence-electron chi connectivity index (χ4n) is 4.29. The number of fused-ring (bicyclic) bond motifs is 1. The molecule has 0 atom stereocenters. The summed E-state index contributed by atoms with van der Waals surface area (Å²) in [7, 11) is -0.0327. The molecule has 1 fully saturated rings. The van der Waals surface area contributed by atoms with Gasteiger partial charge in [-0.15, -0.1) is 0 Å².